The van der Waals surface area contributed by atoms with E-state index in [-0.39, 0.29) is 36.3 Å². The third-order valence-electron chi connectivity index (χ3n) is 5.25. The maximum Gasteiger partial charge on any atom is 0.257 e. The fourth-order valence-corrected chi connectivity index (χ4v) is 4.43. The summed E-state index contributed by atoms with van der Waals surface area (Å²) in [4.78, 5) is 30.6. The molecule has 2 amide bonds. The zero-order chi connectivity index (χ0) is 24.0. The highest BCUT2D eigenvalue weighted by Crippen LogP contribution is 2.20. The average Bonchev–Trinajstić information content (AvgIpc) is 3.18. The van der Waals surface area contributed by atoms with Crippen molar-refractivity contribution in [3.05, 3.63) is 93.2 Å². The van der Waals surface area contributed by atoms with Gasteiger partial charge in [0.2, 0.25) is 5.91 Å². The van der Waals surface area contributed by atoms with E-state index in [2.05, 4.69) is 0 Å². The summed E-state index contributed by atoms with van der Waals surface area (Å²) in [7, 11) is 0. The monoisotopic (exact) mass is 470 g/mol. The van der Waals surface area contributed by atoms with Gasteiger partial charge in [0.1, 0.15) is 18.2 Å². The molecular formula is C26H28F2N2O2S. The zero-order valence-corrected chi connectivity index (χ0v) is 19.9. The Morgan fingerprint density at radius 1 is 0.939 bits per heavy atom. The van der Waals surface area contributed by atoms with Gasteiger partial charge in [-0.2, -0.15) is 0 Å². The molecule has 0 atom stereocenters. The van der Waals surface area contributed by atoms with E-state index in [0.29, 0.717) is 13.1 Å². The first-order valence-electron chi connectivity index (χ1n) is 10.8. The molecule has 0 aliphatic heterocycles. The lowest BCUT2D eigenvalue weighted by atomic mass is 10.1. The Balaban J connectivity index is 1.85. The number of hydrogen-bond acceptors (Lipinski definition) is 3. The van der Waals surface area contributed by atoms with Gasteiger partial charge in [0.05, 0.1) is 12.1 Å². The highest BCUT2D eigenvalue weighted by atomic mass is 32.1. The number of halogens is 2. The molecule has 0 N–H and O–H groups in total. The SMILES string of the molecule is Cc1ccsc1CN(Cc1ccc(F)cc1)C(=O)CN(CC(C)C)C(=O)c1ccccc1F. The average molecular weight is 471 g/mol. The van der Waals surface area contributed by atoms with Gasteiger partial charge in [-0.05, 0) is 59.7 Å². The molecule has 0 unspecified atom stereocenters. The van der Waals surface area contributed by atoms with Crippen molar-refractivity contribution >= 4 is 23.2 Å². The van der Waals surface area contributed by atoms with E-state index >= 15 is 0 Å². The summed E-state index contributed by atoms with van der Waals surface area (Å²) >= 11 is 1.56. The Morgan fingerprint density at radius 3 is 2.24 bits per heavy atom. The summed E-state index contributed by atoms with van der Waals surface area (Å²) in [5.41, 5.74) is 1.82. The van der Waals surface area contributed by atoms with E-state index in [1.54, 1.807) is 34.4 Å². The number of carbonyl (C=O) groups excluding carboxylic acids is 2. The highest BCUT2D eigenvalue weighted by molar-refractivity contribution is 7.10. The van der Waals surface area contributed by atoms with Crippen LogP contribution in [0.5, 0.6) is 0 Å². The molecule has 174 valence electrons. The molecule has 0 aliphatic rings. The minimum absolute atomic E-state index is 0.0508. The number of carbonyl (C=O) groups is 2. The largest absolute Gasteiger partial charge is 0.332 e. The summed E-state index contributed by atoms with van der Waals surface area (Å²) in [5, 5.41) is 1.97. The van der Waals surface area contributed by atoms with Gasteiger partial charge < -0.3 is 9.80 Å². The van der Waals surface area contributed by atoms with Crippen molar-refractivity contribution in [1.82, 2.24) is 9.80 Å². The van der Waals surface area contributed by atoms with Crippen LogP contribution in [-0.2, 0) is 17.9 Å². The number of rotatable bonds is 9. The zero-order valence-electron chi connectivity index (χ0n) is 19.1. The van der Waals surface area contributed by atoms with Crippen molar-refractivity contribution in [2.75, 3.05) is 13.1 Å². The van der Waals surface area contributed by atoms with Crippen LogP contribution in [0.2, 0.25) is 0 Å². The van der Waals surface area contributed by atoms with Crippen molar-refractivity contribution in [3.8, 4) is 0 Å². The molecule has 7 heteroatoms. The van der Waals surface area contributed by atoms with E-state index in [0.717, 1.165) is 16.0 Å². The maximum atomic E-state index is 14.3. The van der Waals surface area contributed by atoms with Gasteiger partial charge in [0, 0.05) is 18.0 Å². The summed E-state index contributed by atoms with van der Waals surface area (Å²) in [6.07, 6.45) is 0. The third-order valence-corrected chi connectivity index (χ3v) is 6.25. The van der Waals surface area contributed by atoms with Crippen molar-refractivity contribution in [2.24, 2.45) is 5.92 Å². The highest BCUT2D eigenvalue weighted by Gasteiger charge is 2.25. The van der Waals surface area contributed by atoms with Gasteiger partial charge in [-0.3, -0.25) is 9.59 Å². The lowest BCUT2D eigenvalue weighted by Gasteiger charge is -2.29. The van der Waals surface area contributed by atoms with Crippen LogP contribution in [0, 0.1) is 24.5 Å². The van der Waals surface area contributed by atoms with Gasteiger partial charge >= 0.3 is 0 Å². The fourth-order valence-electron chi connectivity index (χ4n) is 3.51. The summed E-state index contributed by atoms with van der Waals surface area (Å²) in [6.45, 7) is 6.68. The molecule has 4 nitrogen and oxygen atoms in total. The van der Waals surface area contributed by atoms with Crippen molar-refractivity contribution in [3.63, 3.8) is 0 Å². The van der Waals surface area contributed by atoms with E-state index in [1.807, 2.05) is 32.2 Å². The molecule has 2 aromatic carbocycles. The van der Waals surface area contributed by atoms with Gasteiger partial charge in [0.25, 0.3) is 5.91 Å². The topological polar surface area (TPSA) is 40.6 Å². The molecule has 3 rings (SSSR count). The minimum atomic E-state index is -0.610. The van der Waals surface area contributed by atoms with Crippen LogP contribution in [0.15, 0.2) is 60.0 Å². The Kier molecular flexibility index (Phi) is 8.33. The first-order valence-corrected chi connectivity index (χ1v) is 11.7. The van der Waals surface area contributed by atoms with E-state index in [4.69, 9.17) is 0 Å². The quantitative estimate of drug-likeness (QED) is 0.405. The Hall–Kier alpha value is -3.06. The number of amides is 2. The number of nitrogens with zero attached hydrogens (tertiary/aromatic N) is 2. The molecule has 1 aromatic heterocycles. The molecule has 3 aromatic rings. The summed E-state index contributed by atoms with van der Waals surface area (Å²) in [5.74, 6) is -1.62. The van der Waals surface area contributed by atoms with Crippen LogP contribution in [0.4, 0.5) is 8.78 Å². The van der Waals surface area contributed by atoms with Crippen molar-refractivity contribution in [2.45, 2.75) is 33.9 Å². The Morgan fingerprint density at radius 2 is 1.64 bits per heavy atom. The van der Waals surface area contributed by atoms with E-state index in [1.165, 1.54) is 35.2 Å². The minimum Gasteiger partial charge on any atom is -0.332 e. The Bertz CT molecular complexity index is 1100. The molecule has 0 saturated carbocycles. The lowest BCUT2D eigenvalue weighted by Crippen LogP contribution is -2.44. The van der Waals surface area contributed by atoms with E-state index in [9.17, 15) is 18.4 Å². The maximum absolute atomic E-state index is 14.3. The van der Waals surface area contributed by atoms with Crippen molar-refractivity contribution < 1.29 is 18.4 Å². The summed E-state index contributed by atoms with van der Waals surface area (Å²) < 4.78 is 27.6. The first kappa shape index (κ1) is 24.6. The van der Waals surface area contributed by atoms with Gasteiger partial charge in [-0.1, -0.05) is 38.1 Å². The standard InChI is InChI=1S/C26H28F2N2O2S/c1-18(2)14-30(26(32)22-6-4-5-7-23(22)28)17-25(31)29(16-24-19(3)12-13-33-24)15-20-8-10-21(27)11-9-20/h4-13,18H,14-17H2,1-3H3. The van der Waals surface area contributed by atoms with Crippen LogP contribution < -0.4 is 0 Å². The number of aryl methyl sites for hydroxylation is 1. The normalized spacial score (nSPS) is 11.0. The molecule has 0 aliphatic carbocycles. The molecule has 33 heavy (non-hydrogen) atoms. The molecule has 0 fully saturated rings. The predicted octanol–water partition coefficient (Wildman–Crippen LogP) is 5.66. The fraction of sp³-hybridized carbons (Fsp3) is 0.308. The number of thiophene rings is 1. The van der Waals surface area contributed by atoms with Crippen LogP contribution in [0.3, 0.4) is 0 Å². The van der Waals surface area contributed by atoms with Crippen LogP contribution >= 0.6 is 11.3 Å². The second kappa shape index (κ2) is 11.2. The molecular weight excluding hydrogens is 442 g/mol. The van der Waals surface area contributed by atoms with Crippen molar-refractivity contribution in [1.29, 1.82) is 0 Å². The smallest absolute Gasteiger partial charge is 0.257 e. The second-order valence-electron chi connectivity index (χ2n) is 8.46. The lowest BCUT2D eigenvalue weighted by molar-refractivity contribution is -0.133. The van der Waals surface area contributed by atoms with Gasteiger partial charge in [0.15, 0.2) is 0 Å². The van der Waals surface area contributed by atoms with Crippen LogP contribution in [0.25, 0.3) is 0 Å². The van der Waals surface area contributed by atoms with Crippen LogP contribution in [0.1, 0.15) is 40.2 Å². The number of hydrogen-bond donors (Lipinski definition) is 0. The molecule has 0 bridgehead atoms. The van der Waals surface area contributed by atoms with Gasteiger partial charge in [-0.15, -0.1) is 11.3 Å². The predicted molar refractivity (Wildman–Crippen MR) is 127 cm³/mol. The molecule has 0 radical (unpaired) electrons. The molecule has 0 spiro atoms. The second-order valence-corrected chi connectivity index (χ2v) is 9.46. The van der Waals surface area contributed by atoms with E-state index < -0.39 is 11.7 Å². The van der Waals surface area contributed by atoms with Crippen LogP contribution in [-0.4, -0.2) is 34.7 Å². The Labute approximate surface area is 197 Å². The summed E-state index contributed by atoms with van der Waals surface area (Å²) in [6, 6.07) is 13.8. The first-order chi connectivity index (χ1) is 15.7. The number of benzene rings is 2. The third kappa shape index (κ3) is 6.71. The van der Waals surface area contributed by atoms with Gasteiger partial charge in [-0.25, -0.2) is 8.78 Å². The molecule has 1 heterocycles. The molecule has 0 saturated heterocycles.